The summed E-state index contributed by atoms with van der Waals surface area (Å²) in [5, 5.41) is 3.57. The van der Waals surface area contributed by atoms with Crippen LogP contribution in [0.5, 0.6) is 0 Å². The van der Waals surface area contributed by atoms with Crippen LogP contribution in [0.3, 0.4) is 0 Å². The summed E-state index contributed by atoms with van der Waals surface area (Å²) in [6, 6.07) is 0. The fourth-order valence-electron chi connectivity index (χ4n) is 2.78. The number of carbonyl (C=O) groups is 2. The quantitative estimate of drug-likeness (QED) is 0.716. The number of esters is 1. The van der Waals surface area contributed by atoms with Crippen LogP contribution < -0.4 is 4.72 Å². The highest BCUT2D eigenvalue weighted by molar-refractivity contribution is 7.89. The SMILES string of the molecule is Cc1noc(C)c1S(=O)(=O)NCC(=O)OCC(=O)N1CCC[C@@H](C)C1. The number of likely N-dealkylation sites (tertiary alicyclic amines) is 1. The molecule has 10 heteroatoms. The number of piperidine rings is 1. The molecule has 1 amide bonds. The first-order chi connectivity index (χ1) is 11.7. The largest absolute Gasteiger partial charge is 0.455 e. The molecule has 0 aromatic carbocycles. The fraction of sp³-hybridized carbons (Fsp3) is 0.667. The molecule has 1 aromatic heterocycles. The van der Waals surface area contributed by atoms with E-state index < -0.39 is 29.1 Å². The van der Waals surface area contributed by atoms with Gasteiger partial charge < -0.3 is 14.2 Å². The van der Waals surface area contributed by atoms with E-state index >= 15 is 0 Å². The van der Waals surface area contributed by atoms with Crippen molar-refractivity contribution in [1.29, 1.82) is 0 Å². The summed E-state index contributed by atoms with van der Waals surface area (Å²) in [5.74, 6) is -0.537. The summed E-state index contributed by atoms with van der Waals surface area (Å²) in [5.41, 5.74) is 0.202. The molecule has 0 bridgehead atoms. The van der Waals surface area contributed by atoms with Crippen LogP contribution in [0.1, 0.15) is 31.2 Å². The molecular weight excluding hydrogens is 350 g/mol. The molecule has 0 spiro atoms. The summed E-state index contributed by atoms with van der Waals surface area (Å²) in [7, 11) is -3.94. The lowest BCUT2D eigenvalue weighted by Gasteiger charge is -2.30. The second kappa shape index (κ2) is 7.96. The Hall–Kier alpha value is -1.94. The number of rotatable bonds is 6. The van der Waals surface area contributed by atoms with Gasteiger partial charge >= 0.3 is 5.97 Å². The third-order valence-corrected chi connectivity index (χ3v) is 5.65. The van der Waals surface area contributed by atoms with Crippen LogP contribution in [-0.2, 0) is 24.3 Å². The molecular formula is C15H23N3O6S. The molecule has 1 aromatic rings. The van der Waals surface area contributed by atoms with Gasteiger partial charge in [-0.3, -0.25) is 9.59 Å². The number of ether oxygens (including phenoxy) is 1. The Morgan fingerprint density at radius 1 is 1.40 bits per heavy atom. The maximum Gasteiger partial charge on any atom is 0.321 e. The summed E-state index contributed by atoms with van der Waals surface area (Å²) in [6.07, 6.45) is 2.01. The lowest BCUT2D eigenvalue weighted by Crippen LogP contribution is -2.42. The van der Waals surface area contributed by atoms with Crippen molar-refractivity contribution >= 4 is 21.9 Å². The molecule has 0 saturated carbocycles. The molecule has 25 heavy (non-hydrogen) atoms. The van der Waals surface area contributed by atoms with E-state index in [1.165, 1.54) is 13.8 Å². The van der Waals surface area contributed by atoms with E-state index in [9.17, 15) is 18.0 Å². The van der Waals surface area contributed by atoms with Crippen molar-refractivity contribution in [3.63, 3.8) is 0 Å². The number of aryl methyl sites for hydroxylation is 2. The molecule has 1 saturated heterocycles. The summed E-state index contributed by atoms with van der Waals surface area (Å²) in [6.45, 7) is 5.35. The van der Waals surface area contributed by atoms with Gasteiger partial charge in [-0.15, -0.1) is 0 Å². The monoisotopic (exact) mass is 373 g/mol. The van der Waals surface area contributed by atoms with Gasteiger partial charge in [-0.1, -0.05) is 12.1 Å². The zero-order valence-corrected chi connectivity index (χ0v) is 15.4. The molecule has 0 radical (unpaired) electrons. The minimum absolute atomic E-state index is 0.0984. The number of carbonyl (C=O) groups excluding carboxylic acids is 2. The van der Waals surface area contributed by atoms with Gasteiger partial charge in [0, 0.05) is 13.1 Å². The number of nitrogens with zero attached hydrogens (tertiary/aromatic N) is 2. The third kappa shape index (κ3) is 5.02. The second-order valence-electron chi connectivity index (χ2n) is 6.23. The molecule has 1 atom stereocenters. The lowest BCUT2D eigenvalue weighted by molar-refractivity contribution is -0.151. The summed E-state index contributed by atoms with van der Waals surface area (Å²) < 4.78 is 36.1. The molecule has 140 valence electrons. The minimum Gasteiger partial charge on any atom is -0.455 e. The first kappa shape index (κ1) is 19.4. The molecule has 1 aliphatic rings. The molecule has 1 aliphatic heterocycles. The van der Waals surface area contributed by atoms with Gasteiger partial charge in [-0.25, -0.2) is 8.42 Å². The minimum atomic E-state index is -3.94. The Bertz CT molecular complexity index is 723. The van der Waals surface area contributed by atoms with Crippen molar-refractivity contribution in [2.75, 3.05) is 26.2 Å². The highest BCUT2D eigenvalue weighted by Gasteiger charge is 2.26. The van der Waals surface area contributed by atoms with E-state index in [4.69, 9.17) is 9.26 Å². The van der Waals surface area contributed by atoms with E-state index in [0.29, 0.717) is 19.0 Å². The Balaban J connectivity index is 1.81. The van der Waals surface area contributed by atoms with Crippen molar-refractivity contribution in [2.24, 2.45) is 5.92 Å². The average Bonchev–Trinajstić information content (AvgIpc) is 2.90. The van der Waals surface area contributed by atoms with Gasteiger partial charge in [-0.05, 0) is 32.6 Å². The number of sulfonamides is 1. The van der Waals surface area contributed by atoms with Crippen molar-refractivity contribution in [1.82, 2.24) is 14.8 Å². The van der Waals surface area contributed by atoms with Crippen molar-refractivity contribution in [3.05, 3.63) is 11.5 Å². The van der Waals surface area contributed by atoms with E-state index in [2.05, 4.69) is 16.8 Å². The van der Waals surface area contributed by atoms with Crippen molar-refractivity contribution in [3.8, 4) is 0 Å². The Labute approximate surface area is 146 Å². The zero-order valence-electron chi connectivity index (χ0n) is 14.6. The standard InChI is InChI=1S/C15H23N3O6S/c1-10-5-4-6-18(8-10)13(19)9-23-14(20)7-16-25(21,22)15-11(2)17-24-12(15)3/h10,16H,4-9H2,1-3H3/t10-/m1/s1. The Morgan fingerprint density at radius 2 is 2.12 bits per heavy atom. The van der Waals surface area contributed by atoms with Gasteiger partial charge in [-0.2, -0.15) is 4.72 Å². The van der Waals surface area contributed by atoms with Crippen LogP contribution in [-0.4, -0.2) is 56.6 Å². The van der Waals surface area contributed by atoms with Crippen LogP contribution in [0, 0.1) is 19.8 Å². The van der Waals surface area contributed by atoms with Crippen LogP contribution >= 0.6 is 0 Å². The highest BCUT2D eigenvalue weighted by atomic mass is 32.2. The van der Waals surface area contributed by atoms with E-state index in [-0.39, 0.29) is 22.3 Å². The van der Waals surface area contributed by atoms with Gasteiger partial charge in [0.15, 0.2) is 12.4 Å². The van der Waals surface area contributed by atoms with Gasteiger partial charge in [0.05, 0.1) is 0 Å². The molecule has 1 fully saturated rings. The fourth-order valence-corrected chi connectivity index (χ4v) is 4.08. The zero-order chi connectivity index (χ0) is 18.6. The average molecular weight is 373 g/mol. The molecule has 1 N–H and O–H groups in total. The first-order valence-corrected chi connectivity index (χ1v) is 9.55. The van der Waals surface area contributed by atoms with Crippen LogP contribution in [0.15, 0.2) is 9.42 Å². The maximum absolute atomic E-state index is 12.2. The van der Waals surface area contributed by atoms with E-state index in [0.717, 1.165) is 12.8 Å². The predicted molar refractivity (Wildman–Crippen MR) is 87.1 cm³/mol. The van der Waals surface area contributed by atoms with Gasteiger partial charge in [0.25, 0.3) is 5.91 Å². The van der Waals surface area contributed by atoms with Crippen LogP contribution in [0.4, 0.5) is 0 Å². The normalized spacial score (nSPS) is 18.2. The molecule has 0 unspecified atom stereocenters. The summed E-state index contributed by atoms with van der Waals surface area (Å²) >= 11 is 0. The number of nitrogens with one attached hydrogen (secondary N) is 1. The Kier molecular flexibility index (Phi) is 6.17. The third-order valence-electron chi connectivity index (χ3n) is 4.01. The van der Waals surface area contributed by atoms with Gasteiger partial charge in [0.1, 0.15) is 17.1 Å². The van der Waals surface area contributed by atoms with Crippen molar-refractivity contribution < 1.29 is 27.3 Å². The number of hydrogen-bond donors (Lipinski definition) is 1. The lowest BCUT2D eigenvalue weighted by atomic mass is 10.0. The topological polar surface area (TPSA) is 119 Å². The number of hydrogen-bond acceptors (Lipinski definition) is 7. The molecule has 2 heterocycles. The van der Waals surface area contributed by atoms with Crippen LogP contribution in [0.25, 0.3) is 0 Å². The molecule has 2 rings (SSSR count). The van der Waals surface area contributed by atoms with Gasteiger partial charge in [0.2, 0.25) is 10.0 Å². The summed E-state index contributed by atoms with van der Waals surface area (Å²) in [4.78, 5) is 25.3. The Morgan fingerprint density at radius 3 is 2.72 bits per heavy atom. The smallest absolute Gasteiger partial charge is 0.321 e. The maximum atomic E-state index is 12.2. The number of amides is 1. The highest BCUT2D eigenvalue weighted by Crippen LogP contribution is 2.18. The van der Waals surface area contributed by atoms with E-state index in [1.54, 1.807) is 4.90 Å². The first-order valence-electron chi connectivity index (χ1n) is 8.06. The molecule has 0 aliphatic carbocycles. The van der Waals surface area contributed by atoms with Crippen molar-refractivity contribution in [2.45, 2.75) is 38.5 Å². The molecule has 9 nitrogen and oxygen atoms in total. The second-order valence-corrected chi connectivity index (χ2v) is 7.93. The van der Waals surface area contributed by atoms with E-state index in [1.807, 2.05) is 0 Å². The number of aromatic nitrogens is 1. The van der Waals surface area contributed by atoms with Crippen LogP contribution in [0.2, 0.25) is 0 Å². The predicted octanol–water partition coefficient (Wildman–Crippen LogP) is 0.371.